The first-order valence-corrected chi connectivity index (χ1v) is 11.9. The van der Waals surface area contributed by atoms with Crippen LogP contribution in [-0.2, 0) is 17.8 Å². The van der Waals surface area contributed by atoms with Gasteiger partial charge < -0.3 is 19.5 Å². The fraction of sp³-hybridized carbons (Fsp3) is 0.345. The van der Waals surface area contributed by atoms with Gasteiger partial charge in [0.15, 0.2) is 11.5 Å². The third-order valence-corrected chi connectivity index (χ3v) is 6.11. The molecule has 2 atom stereocenters. The van der Waals surface area contributed by atoms with Gasteiger partial charge in [-0.15, -0.1) is 0 Å². The first-order chi connectivity index (χ1) is 16.5. The molecule has 5 heteroatoms. The molecule has 0 saturated carbocycles. The molecule has 3 aromatic carbocycles. The number of piperidine rings is 1. The van der Waals surface area contributed by atoms with Crippen LogP contribution in [0.4, 0.5) is 0 Å². The summed E-state index contributed by atoms with van der Waals surface area (Å²) in [6, 6.07) is 24.2. The number of amides is 1. The van der Waals surface area contributed by atoms with E-state index in [0.29, 0.717) is 19.6 Å². The number of nitrogens with one attached hydrogen (secondary N) is 1. The molecular weight excluding hydrogens is 426 g/mol. The Morgan fingerprint density at radius 2 is 1.74 bits per heavy atom. The van der Waals surface area contributed by atoms with Crippen molar-refractivity contribution in [1.29, 1.82) is 0 Å². The van der Waals surface area contributed by atoms with E-state index in [4.69, 9.17) is 14.2 Å². The average Bonchev–Trinajstić information content (AvgIpc) is 2.85. The minimum atomic E-state index is -0.0975. The standard InChI is InChI=1S/C29H33NO4/c1-20(2)34-28-17-23(12-13-27(28)32-3)25-16-24(29(31)30-18-25)14-22-10-7-11-26(15-22)33-19-21-8-5-4-6-9-21/h4-13,15,17,20,24-25H,14,16,18-19H2,1-3H3,(H,30,31)/t24-,25+/m0/s1. The molecule has 1 heterocycles. The Balaban J connectivity index is 1.43. The minimum Gasteiger partial charge on any atom is -0.493 e. The maximum absolute atomic E-state index is 12.7. The van der Waals surface area contributed by atoms with E-state index >= 15 is 0 Å². The molecule has 3 aromatic rings. The van der Waals surface area contributed by atoms with Gasteiger partial charge in [0.25, 0.3) is 0 Å². The first-order valence-electron chi connectivity index (χ1n) is 11.9. The van der Waals surface area contributed by atoms with E-state index in [-0.39, 0.29) is 23.8 Å². The fourth-order valence-corrected chi connectivity index (χ4v) is 4.41. The number of hydrogen-bond acceptors (Lipinski definition) is 4. The molecule has 1 amide bonds. The number of hydrogen-bond donors (Lipinski definition) is 1. The predicted octanol–water partition coefficient (Wildman–Crippen LogP) is 5.52. The van der Waals surface area contributed by atoms with E-state index in [1.165, 1.54) is 0 Å². The summed E-state index contributed by atoms with van der Waals surface area (Å²) in [5, 5.41) is 3.11. The lowest BCUT2D eigenvalue weighted by Crippen LogP contribution is -2.41. The van der Waals surface area contributed by atoms with Crippen LogP contribution in [0.1, 0.15) is 42.9 Å². The first kappa shape index (κ1) is 23.7. The lowest BCUT2D eigenvalue weighted by molar-refractivity contribution is -0.126. The van der Waals surface area contributed by atoms with E-state index in [1.807, 2.05) is 68.4 Å². The summed E-state index contributed by atoms with van der Waals surface area (Å²) in [5.41, 5.74) is 3.38. The van der Waals surface area contributed by atoms with Crippen molar-refractivity contribution in [2.45, 2.75) is 45.3 Å². The normalized spacial score (nSPS) is 17.8. The number of methoxy groups -OCH3 is 1. The van der Waals surface area contributed by atoms with Crippen LogP contribution in [0.25, 0.3) is 0 Å². The maximum Gasteiger partial charge on any atom is 0.223 e. The van der Waals surface area contributed by atoms with Crippen molar-refractivity contribution in [3.8, 4) is 17.2 Å². The summed E-state index contributed by atoms with van der Waals surface area (Å²) in [6.45, 7) is 5.15. The lowest BCUT2D eigenvalue weighted by atomic mass is 9.82. The van der Waals surface area contributed by atoms with Crippen molar-refractivity contribution in [1.82, 2.24) is 5.32 Å². The van der Waals surface area contributed by atoms with Crippen molar-refractivity contribution < 1.29 is 19.0 Å². The van der Waals surface area contributed by atoms with Gasteiger partial charge in [-0.2, -0.15) is 0 Å². The van der Waals surface area contributed by atoms with Gasteiger partial charge in [-0.3, -0.25) is 4.79 Å². The monoisotopic (exact) mass is 459 g/mol. The predicted molar refractivity (Wildman–Crippen MR) is 134 cm³/mol. The van der Waals surface area contributed by atoms with E-state index in [2.05, 4.69) is 23.5 Å². The summed E-state index contributed by atoms with van der Waals surface area (Å²) in [6.07, 6.45) is 1.52. The van der Waals surface area contributed by atoms with Crippen LogP contribution < -0.4 is 19.5 Å². The van der Waals surface area contributed by atoms with Gasteiger partial charge in [-0.25, -0.2) is 0 Å². The zero-order valence-corrected chi connectivity index (χ0v) is 20.1. The molecule has 1 N–H and O–H groups in total. The molecule has 34 heavy (non-hydrogen) atoms. The third kappa shape index (κ3) is 6.10. The number of ether oxygens (including phenoxy) is 3. The van der Waals surface area contributed by atoms with Crippen molar-refractivity contribution in [3.63, 3.8) is 0 Å². The van der Waals surface area contributed by atoms with Gasteiger partial charge in [0, 0.05) is 18.4 Å². The van der Waals surface area contributed by atoms with Gasteiger partial charge in [-0.05, 0) is 67.6 Å². The topological polar surface area (TPSA) is 56.8 Å². The zero-order chi connectivity index (χ0) is 23.9. The third-order valence-electron chi connectivity index (χ3n) is 6.11. The van der Waals surface area contributed by atoms with Crippen LogP contribution in [0.2, 0.25) is 0 Å². The van der Waals surface area contributed by atoms with Gasteiger partial charge in [0.1, 0.15) is 12.4 Å². The molecule has 4 rings (SSSR count). The quantitative estimate of drug-likeness (QED) is 0.458. The molecule has 1 aliphatic heterocycles. The van der Waals surface area contributed by atoms with Gasteiger partial charge in [0.05, 0.1) is 13.2 Å². The molecule has 0 aliphatic carbocycles. The summed E-state index contributed by atoms with van der Waals surface area (Å²) in [7, 11) is 1.65. The van der Waals surface area contributed by atoms with Crippen molar-refractivity contribution in [2.75, 3.05) is 13.7 Å². The lowest BCUT2D eigenvalue weighted by Gasteiger charge is -2.30. The largest absolute Gasteiger partial charge is 0.493 e. The number of carbonyl (C=O) groups is 1. The fourth-order valence-electron chi connectivity index (χ4n) is 4.41. The van der Waals surface area contributed by atoms with Gasteiger partial charge in [-0.1, -0.05) is 48.5 Å². The molecule has 0 aromatic heterocycles. The minimum absolute atomic E-state index is 0.0549. The van der Waals surface area contributed by atoms with Crippen molar-refractivity contribution in [3.05, 3.63) is 89.5 Å². The highest BCUT2D eigenvalue weighted by Crippen LogP contribution is 2.35. The van der Waals surface area contributed by atoms with E-state index in [9.17, 15) is 4.79 Å². The summed E-state index contributed by atoms with van der Waals surface area (Å²) in [5.74, 6) is 2.52. The molecule has 1 aliphatic rings. The molecular formula is C29H33NO4. The molecule has 0 unspecified atom stereocenters. The van der Waals surface area contributed by atoms with Gasteiger partial charge >= 0.3 is 0 Å². The number of carbonyl (C=O) groups excluding carboxylic acids is 1. The Bertz CT molecular complexity index is 1100. The second kappa shape index (κ2) is 11.1. The Kier molecular flexibility index (Phi) is 7.73. The Hall–Kier alpha value is -3.47. The molecule has 0 spiro atoms. The SMILES string of the molecule is COc1ccc([C@H]2CNC(=O)[C@@H](Cc3cccc(OCc4ccccc4)c3)C2)cc1OC(C)C. The van der Waals surface area contributed by atoms with E-state index in [1.54, 1.807) is 7.11 Å². The van der Waals surface area contributed by atoms with E-state index < -0.39 is 0 Å². The second-order valence-electron chi connectivity index (χ2n) is 9.08. The highest BCUT2D eigenvalue weighted by molar-refractivity contribution is 5.80. The molecule has 1 fully saturated rings. The molecule has 0 radical (unpaired) electrons. The highest BCUT2D eigenvalue weighted by Gasteiger charge is 2.30. The van der Waals surface area contributed by atoms with Crippen molar-refractivity contribution in [2.24, 2.45) is 5.92 Å². The van der Waals surface area contributed by atoms with Crippen LogP contribution in [0, 0.1) is 5.92 Å². The zero-order valence-electron chi connectivity index (χ0n) is 20.1. The highest BCUT2D eigenvalue weighted by atomic mass is 16.5. The van der Waals surface area contributed by atoms with Crippen LogP contribution >= 0.6 is 0 Å². The summed E-state index contributed by atoms with van der Waals surface area (Å²) < 4.78 is 17.4. The van der Waals surface area contributed by atoms with Crippen LogP contribution in [0.3, 0.4) is 0 Å². The summed E-state index contributed by atoms with van der Waals surface area (Å²) >= 11 is 0. The van der Waals surface area contributed by atoms with Crippen molar-refractivity contribution >= 4 is 5.91 Å². The van der Waals surface area contributed by atoms with Gasteiger partial charge in [0.2, 0.25) is 5.91 Å². The number of rotatable bonds is 9. The summed E-state index contributed by atoms with van der Waals surface area (Å²) in [4.78, 5) is 12.7. The molecule has 178 valence electrons. The Morgan fingerprint density at radius 1 is 0.941 bits per heavy atom. The second-order valence-corrected chi connectivity index (χ2v) is 9.08. The number of benzene rings is 3. The van der Waals surface area contributed by atoms with Crippen LogP contribution in [0.15, 0.2) is 72.8 Å². The Morgan fingerprint density at radius 3 is 2.50 bits per heavy atom. The average molecular weight is 460 g/mol. The smallest absolute Gasteiger partial charge is 0.223 e. The molecule has 0 bridgehead atoms. The van der Waals surface area contributed by atoms with Crippen LogP contribution in [0.5, 0.6) is 17.2 Å². The Labute approximate surface area is 202 Å². The molecule has 5 nitrogen and oxygen atoms in total. The van der Waals surface area contributed by atoms with Crippen LogP contribution in [-0.4, -0.2) is 25.7 Å². The maximum atomic E-state index is 12.7. The van der Waals surface area contributed by atoms with E-state index in [0.717, 1.165) is 40.4 Å². The molecule has 1 saturated heterocycles.